The molecule has 0 bridgehead atoms. The van der Waals surface area contributed by atoms with Gasteiger partial charge in [-0.15, -0.1) is 0 Å². The Morgan fingerprint density at radius 3 is 2.52 bits per heavy atom. The minimum Gasteiger partial charge on any atom is -0.375 e. The monoisotopic (exact) mass is 326 g/mol. The maximum absolute atomic E-state index is 11.3. The Hall–Kier alpha value is -2.80. The van der Waals surface area contributed by atoms with Crippen LogP contribution in [-0.2, 0) is 0 Å². The molecule has 0 radical (unpaired) electrons. The number of hydrazone groups is 1. The molecule has 0 saturated heterocycles. The van der Waals surface area contributed by atoms with Crippen molar-refractivity contribution in [2.45, 2.75) is 12.5 Å². The van der Waals surface area contributed by atoms with Crippen molar-refractivity contribution < 1.29 is 4.92 Å². The molecule has 2 N–H and O–H groups in total. The number of rotatable bonds is 3. The van der Waals surface area contributed by atoms with Gasteiger partial charge in [-0.05, 0) is 23.8 Å². The average molecular weight is 326 g/mol. The Kier molecular flexibility index (Phi) is 4.03. The highest BCUT2D eigenvalue weighted by molar-refractivity contribution is 7.80. The summed E-state index contributed by atoms with van der Waals surface area (Å²) in [6, 6.07) is 15.9. The van der Waals surface area contributed by atoms with Crippen molar-refractivity contribution in [2.75, 3.05) is 0 Å². The summed E-state index contributed by atoms with van der Waals surface area (Å²) in [5, 5.41) is 17.4. The van der Waals surface area contributed by atoms with E-state index < -0.39 is 4.92 Å². The van der Waals surface area contributed by atoms with E-state index in [1.165, 1.54) is 11.1 Å². The number of thiocarbonyl (C=S) groups is 1. The summed E-state index contributed by atoms with van der Waals surface area (Å²) in [6.45, 7) is 0. The first kappa shape index (κ1) is 15.1. The van der Waals surface area contributed by atoms with Gasteiger partial charge in [-0.2, -0.15) is 5.10 Å². The highest BCUT2D eigenvalue weighted by Crippen LogP contribution is 2.36. The van der Waals surface area contributed by atoms with Crippen molar-refractivity contribution in [1.29, 1.82) is 0 Å². The van der Waals surface area contributed by atoms with Gasteiger partial charge in [0.25, 0.3) is 5.69 Å². The second-order valence-electron chi connectivity index (χ2n) is 5.13. The van der Waals surface area contributed by atoms with Crippen LogP contribution in [0.4, 0.5) is 5.69 Å². The van der Waals surface area contributed by atoms with E-state index >= 15 is 0 Å². The first-order chi connectivity index (χ1) is 11.1. The molecule has 1 atom stereocenters. The lowest BCUT2D eigenvalue weighted by Crippen LogP contribution is -2.32. The lowest BCUT2D eigenvalue weighted by Gasteiger charge is -2.21. The van der Waals surface area contributed by atoms with Crippen LogP contribution in [0.2, 0.25) is 0 Å². The van der Waals surface area contributed by atoms with Gasteiger partial charge in [0.05, 0.1) is 22.2 Å². The maximum Gasteiger partial charge on any atom is 0.274 e. The highest BCUT2D eigenvalue weighted by atomic mass is 32.1. The van der Waals surface area contributed by atoms with E-state index in [9.17, 15) is 10.1 Å². The van der Waals surface area contributed by atoms with Gasteiger partial charge in [-0.1, -0.05) is 42.5 Å². The Balaban J connectivity index is 2.01. The zero-order valence-corrected chi connectivity index (χ0v) is 12.9. The summed E-state index contributed by atoms with van der Waals surface area (Å²) >= 11 is 5.07. The Labute approximate surface area is 138 Å². The molecule has 1 aliphatic heterocycles. The molecular weight excluding hydrogens is 312 g/mol. The van der Waals surface area contributed by atoms with Crippen LogP contribution in [0.25, 0.3) is 0 Å². The van der Waals surface area contributed by atoms with E-state index in [1.807, 2.05) is 30.3 Å². The third-order valence-electron chi connectivity index (χ3n) is 3.74. The molecule has 0 spiro atoms. The fraction of sp³-hybridized carbons (Fsp3) is 0.125. The molecule has 0 unspecified atom stereocenters. The smallest absolute Gasteiger partial charge is 0.274 e. The first-order valence-corrected chi connectivity index (χ1v) is 7.43. The number of nitro groups is 1. The molecule has 0 amide bonds. The van der Waals surface area contributed by atoms with E-state index in [0.29, 0.717) is 12.0 Å². The van der Waals surface area contributed by atoms with Crippen molar-refractivity contribution in [1.82, 2.24) is 5.01 Å². The SMILES string of the molecule is NC(=S)N1N=C(c2ccccc2)C[C@H]1c1ccccc1[N+](=O)[O-]. The van der Waals surface area contributed by atoms with Gasteiger partial charge >= 0.3 is 0 Å². The molecular formula is C16H14N4O2S. The van der Waals surface area contributed by atoms with E-state index in [1.54, 1.807) is 18.2 Å². The quantitative estimate of drug-likeness (QED) is 0.532. The maximum atomic E-state index is 11.3. The molecule has 0 fully saturated rings. The van der Waals surface area contributed by atoms with E-state index in [-0.39, 0.29) is 16.8 Å². The predicted octanol–water partition coefficient (Wildman–Crippen LogP) is 2.99. The standard InChI is InChI=1S/C16H14N4O2S/c17-16(23)19-15(12-8-4-5-9-14(12)20(21)22)10-13(18-19)11-6-2-1-3-7-11/h1-9,15H,10H2,(H2,17,23)/t15-/m0/s1. The molecule has 1 aliphatic rings. The summed E-state index contributed by atoms with van der Waals surface area (Å²) in [5.41, 5.74) is 8.13. The van der Waals surface area contributed by atoms with Crippen molar-refractivity contribution >= 4 is 28.7 Å². The van der Waals surface area contributed by atoms with Gasteiger partial charge in [-0.25, -0.2) is 5.01 Å². The normalized spacial score (nSPS) is 17.0. The number of para-hydroxylation sites is 1. The van der Waals surface area contributed by atoms with Crippen LogP contribution >= 0.6 is 12.2 Å². The molecule has 0 aromatic heterocycles. The van der Waals surface area contributed by atoms with Crippen molar-refractivity contribution in [2.24, 2.45) is 10.8 Å². The van der Waals surface area contributed by atoms with Gasteiger partial charge in [0, 0.05) is 12.5 Å². The zero-order valence-electron chi connectivity index (χ0n) is 12.1. The van der Waals surface area contributed by atoms with Gasteiger partial charge in [0.2, 0.25) is 0 Å². The minimum atomic E-state index is -0.395. The van der Waals surface area contributed by atoms with Crippen molar-refractivity contribution in [3.8, 4) is 0 Å². The topological polar surface area (TPSA) is 84.8 Å². The summed E-state index contributed by atoms with van der Waals surface area (Å²) < 4.78 is 0. The molecule has 3 rings (SSSR count). The molecule has 0 aliphatic carbocycles. The molecule has 7 heteroatoms. The van der Waals surface area contributed by atoms with Crippen molar-refractivity contribution in [3.63, 3.8) is 0 Å². The molecule has 116 valence electrons. The number of hydrogen-bond acceptors (Lipinski definition) is 4. The van der Waals surface area contributed by atoms with Gasteiger partial charge in [-0.3, -0.25) is 10.1 Å². The van der Waals surface area contributed by atoms with Crippen LogP contribution < -0.4 is 5.73 Å². The fourth-order valence-electron chi connectivity index (χ4n) is 2.70. The average Bonchev–Trinajstić information content (AvgIpc) is 3.01. The summed E-state index contributed by atoms with van der Waals surface area (Å²) in [4.78, 5) is 10.9. The van der Waals surface area contributed by atoms with E-state index in [4.69, 9.17) is 18.0 Å². The first-order valence-electron chi connectivity index (χ1n) is 7.03. The third kappa shape index (κ3) is 2.91. The lowest BCUT2D eigenvalue weighted by atomic mass is 9.97. The summed E-state index contributed by atoms with van der Waals surface area (Å²) in [5.74, 6) is 0. The van der Waals surface area contributed by atoms with Gasteiger partial charge in [0.15, 0.2) is 5.11 Å². The molecule has 6 nitrogen and oxygen atoms in total. The number of nitro benzene ring substituents is 1. The van der Waals surface area contributed by atoms with Crippen LogP contribution in [0.15, 0.2) is 59.7 Å². The predicted molar refractivity (Wildman–Crippen MR) is 92.1 cm³/mol. The minimum absolute atomic E-state index is 0.0447. The Morgan fingerprint density at radius 1 is 1.22 bits per heavy atom. The number of hydrogen-bond donors (Lipinski definition) is 1. The fourth-order valence-corrected chi connectivity index (χ4v) is 2.86. The lowest BCUT2D eigenvalue weighted by molar-refractivity contribution is -0.385. The van der Waals surface area contributed by atoms with E-state index in [0.717, 1.165) is 11.3 Å². The van der Waals surface area contributed by atoms with Gasteiger partial charge < -0.3 is 5.73 Å². The second kappa shape index (κ2) is 6.13. The van der Waals surface area contributed by atoms with Crippen LogP contribution in [0.5, 0.6) is 0 Å². The molecule has 1 heterocycles. The summed E-state index contributed by atoms with van der Waals surface area (Å²) in [7, 11) is 0. The molecule has 23 heavy (non-hydrogen) atoms. The van der Waals surface area contributed by atoms with Gasteiger partial charge in [0.1, 0.15) is 0 Å². The molecule has 2 aromatic rings. The number of nitrogens with two attached hydrogens (primary N) is 1. The molecule has 2 aromatic carbocycles. The number of benzene rings is 2. The van der Waals surface area contributed by atoms with Crippen LogP contribution in [0.1, 0.15) is 23.6 Å². The zero-order chi connectivity index (χ0) is 16.4. The summed E-state index contributed by atoms with van der Waals surface area (Å²) in [6.07, 6.45) is 0.506. The largest absolute Gasteiger partial charge is 0.375 e. The van der Waals surface area contributed by atoms with Crippen LogP contribution in [0, 0.1) is 10.1 Å². The number of nitrogens with zero attached hydrogens (tertiary/aromatic N) is 3. The molecule has 0 saturated carbocycles. The Morgan fingerprint density at radius 2 is 1.87 bits per heavy atom. The highest BCUT2D eigenvalue weighted by Gasteiger charge is 2.34. The van der Waals surface area contributed by atoms with E-state index in [2.05, 4.69) is 5.10 Å². The van der Waals surface area contributed by atoms with Crippen LogP contribution in [0.3, 0.4) is 0 Å². The second-order valence-corrected chi connectivity index (χ2v) is 5.55. The van der Waals surface area contributed by atoms with Crippen LogP contribution in [-0.4, -0.2) is 20.8 Å². The Bertz CT molecular complexity index is 792. The third-order valence-corrected chi connectivity index (χ3v) is 3.92. The van der Waals surface area contributed by atoms with Crippen molar-refractivity contribution in [3.05, 3.63) is 75.8 Å².